The molecule has 0 aliphatic heterocycles. The first-order valence-corrected chi connectivity index (χ1v) is 5.64. The summed E-state index contributed by atoms with van der Waals surface area (Å²) in [6, 6.07) is 8.54. The molecule has 0 saturated heterocycles. The van der Waals surface area contributed by atoms with Crippen LogP contribution in [0.5, 0.6) is 0 Å². The van der Waals surface area contributed by atoms with Gasteiger partial charge in [0.15, 0.2) is 0 Å². The first-order chi connectivity index (χ1) is 7.54. The molecule has 0 atom stereocenters. The molecule has 1 nitrogen and oxygen atoms in total. The largest absolute Gasteiger partial charge is 0.508 e. The van der Waals surface area contributed by atoms with E-state index in [1.54, 1.807) is 0 Å². The molecule has 1 heteroatoms. The van der Waals surface area contributed by atoms with E-state index >= 15 is 0 Å². The molecule has 0 aliphatic rings. The van der Waals surface area contributed by atoms with Crippen molar-refractivity contribution in [2.24, 2.45) is 0 Å². The van der Waals surface area contributed by atoms with Crippen LogP contribution in [-0.2, 0) is 6.42 Å². The number of benzene rings is 1. The standard InChI is InChI=1S/C15H20O/c1-5-15(16)12(4)10-13-6-8-14(9-7-13)11(2)3/h5-9,11,16H,1,10H2,2-4H3/b15-12-. The topological polar surface area (TPSA) is 20.2 Å². The zero-order valence-electron chi connectivity index (χ0n) is 10.3. The van der Waals surface area contributed by atoms with Crippen LogP contribution < -0.4 is 0 Å². The summed E-state index contributed by atoms with van der Waals surface area (Å²) in [6.45, 7) is 9.85. The van der Waals surface area contributed by atoms with Gasteiger partial charge >= 0.3 is 0 Å². The lowest BCUT2D eigenvalue weighted by Crippen LogP contribution is -1.92. The van der Waals surface area contributed by atoms with E-state index in [0.29, 0.717) is 5.92 Å². The molecule has 0 spiro atoms. The van der Waals surface area contributed by atoms with Crippen molar-refractivity contribution in [3.8, 4) is 0 Å². The predicted molar refractivity (Wildman–Crippen MR) is 69.8 cm³/mol. The number of hydrogen-bond donors (Lipinski definition) is 1. The van der Waals surface area contributed by atoms with E-state index in [2.05, 4.69) is 44.7 Å². The van der Waals surface area contributed by atoms with E-state index in [9.17, 15) is 5.11 Å². The summed E-state index contributed by atoms with van der Waals surface area (Å²) in [7, 11) is 0. The molecular weight excluding hydrogens is 196 g/mol. The Balaban J connectivity index is 2.80. The Kier molecular flexibility index (Phi) is 4.36. The highest BCUT2D eigenvalue weighted by molar-refractivity contribution is 5.29. The normalized spacial score (nSPS) is 12.5. The van der Waals surface area contributed by atoms with Gasteiger partial charge in [-0.25, -0.2) is 0 Å². The molecule has 0 radical (unpaired) electrons. The van der Waals surface area contributed by atoms with Crippen molar-refractivity contribution < 1.29 is 5.11 Å². The Morgan fingerprint density at radius 1 is 1.31 bits per heavy atom. The van der Waals surface area contributed by atoms with Crippen molar-refractivity contribution in [3.05, 3.63) is 59.4 Å². The van der Waals surface area contributed by atoms with E-state index in [1.165, 1.54) is 17.2 Å². The van der Waals surface area contributed by atoms with E-state index in [4.69, 9.17) is 0 Å². The fourth-order valence-electron chi connectivity index (χ4n) is 1.59. The Morgan fingerprint density at radius 2 is 1.88 bits per heavy atom. The Hall–Kier alpha value is -1.50. The minimum atomic E-state index is 0.285. The average molecular weight is 216 g/mol. The van der Waals surface area contributed by atoms with Crippen LogP contribution >= 0.6 is 0 Å². The second kappa shape index (κ2) is 5.55. The van der Waals surface area contributed by atoms with Gasteiger partial charge in [0.1, 0.15) is 5.76 Å². The lowest BCUT2D eigenvalue weighted by Gasteiger charge is -2.07. The number of rotatable bonds is 4. The monoisotopic (exact) mass is 216 g/mol. The highest BCUT2D eigenvalue weighted by Gasteiger charge is 2.01. The fourth-order valence-corrected chi connectivity index (χ4v) is 1.59. The first kappa shape index (κ1) is 12.6. The molecule has 0 unspecified atom stereocenters. The van der Waals surface area contributed by atoms with Crippen LogP contribution in [0, 0.1) is 0 Å². The molecular formula is C15H20O. The van der Waals surface area contributed by atoms with Crippen molar-refractivity contribution >= 4 is 0 Å². The summed E-state index contributed by atoms with van der Waals surface area (Å²) in [5.41, 5.74) is 3.51. The maximum Gasteiger partial charge on any atom is 0.114 e. The van der Waals surface area contributed by atoms with Crippen LogP contribution in [-0.4, -0.2) is 5.11 Å². The molecule has 1 rings (SSSR count). The number of allylic oxidation sites excluding steroid dienone is 2. The molecule has 1 aromatic carbocycles. The van der Waals surface area contributed by atoms with E-state index in [1.807, 2.05) is 6.92 Å². The van der Waals surface area contributed by atoms with Gasteiger partial charge in [0.05, 0.1) is 0 Å². The minimum absolute atomic E-state index is 0.285. The van der Waals surface area contributed by atoms with Crippen LogP contribution in [0.25, 0.3) is 0 Å². The molecule has 0 aromatic heterocycles. The number of hydrogen-bond acceptors (Lipinski definition) is 1. The summed E-state index contributed by atoms with van der Waals surface area (Å²) in [5, 5.41) is 9.49. The third-order valence-electron chi connectivity index (χ3n) is 2.75. The second-order valence-electron chi connectivity index (χ2n) is 4.44. The van der Waals surface area contributed by atoms with Gasteiger partial charge in [-0.05, 0) is 42.0 Å². The van der Waals surface area contributed by atoms with Crippen molar-refractivity contribution in [1.82, 2.24) is 0 Å². The zero-order chi connectivity index (χ0) is 12.1. The summed E-state index contributed by atoms with van der Waals surface area (Å²) < 4.78 is 0. The van der Waals surface area contributed by atoms with Crippen LogP contribution in [0.2, 0.25) is 0 Å². The van der Waals surface area contributed by atoms with E-state index < -0.39 is 0 Å². The van der Waals surface area contributed by atoms with Gasteiger partial charge < -0.3 is 5.11 Å². The highest BCUT2D eigenvalue weighted by Crippen LogP contribution is 2.17. The Morgan fingerprint density at radius 3 is 2.31 bits per heavy atom. The maximum atomic E-state index is 9.49. The van der Waals surface area contributed by atoms with Crippen molar-refractivity contribution in [1.29, 1.82) is 0 Å². The Labute approximate surface area is 98.1 Å². The molecule has 16 heavy (non-hydrogen) atoms. The van der Waals surface area contributed by atoms with Crippen LogP contribution in [0.3, 0.4) is 0 Å². The predicted octanol–water partition coefficient (Wildman–Crippen LogP) is 4.37. The van der Waals surface area contributed by atoms with Gasteiger partial charge in [0, 0.05) is 0 Å². The summed E-state index contributed by atoms with van der Waals surface area (Å²) >= 11 is 0. The van der Waals surface area contributed by atoms with Gasteiger partial charge in [-0.1, -0.05) is 44.7 Å². The van der Waals surface area contributed by atoms with Crippen LogP contribution in [0.15, 0.2) is 48.3 Å². The van der Waals surface area contributed by atoms with Gasteiger partial charge in [-0.3, -0.25) is 0 Å². The molecule has 1 aromatic rings. The first-order valence-electron chi connectivity index (χ1n) is 5.64. The maximum absolute atomic E-state index is 9.49. The molecule has 86 valence electrons. The quantitative estimate of drug-likeness (QED) is 0.585. The van der Waals surface area contributed by atoms with E-state index in [0.717, 1.165) is 12.0 Å². The summed E-state index contributed by atoms with van der Waals surface area (Å²) in [6.07, 6.45) is 2.26. The van der Waals surface area contributed by atoms with Gasteiger partial charge in [0.2, 0.25) is 0 Å². The molecule has 0 amide bonds. The molecule has 0 saturated carbocycles. The van der Waals surface area contributed by atoms with Gasteiger partial charge in [-0.15, -0.1) is 0 Å². The highest BCUT2D eigenvalue weighted by atomic mass is 16.3. The van der Waals surface area contributed by atoms with Crippen molar-refractivity contribution in [2.75, 3.05) is 0 Å². The smallest absolute Gasteiger partial charge is 0.114 e. The summed E-state index contributed by atoms with van der Waals surface area (Å²) in [5.74, 6) is 0.847. The Bertz CT molecular complexity index is 382. The van der Waals surface area contributed by atoms with Gasteiger partial charge in [0.25, 0.3) is 0 Å². The molecule has 0 aliphatic carbocycles. The third kappa shape index (κ3) is 3.27. The van der Waals surface area contributed by atoms with Crippen LogP contribution in [0.4, 0.5) is 0 Å². The van der Waals surface area contributed by atoms with Gasteiger partial charge in [-0.2, -0.15) is 0 Å². The SMILES string of the molecule is C=C/C(O)=C(\C)Cc1ccc(C(C)C)cc1. The van der Waals surface area contributed by atoms with Crippen molar-refractivity contribution in [3.63, 3.8) is 0 Å². The van der Waals surface area contributed by atoms with Crippen LogP contribution in [0.1, 0.15) is 37.8 Å². The number of aliphatic hydroxyl groups excluding tert-OH is 1. The fraction of sp³-hybridized carbons (Fsp3) is 0.333. The average Bonchev–Trinajstić information content (AvgIpc) is 2.28. The molecule has 0 bridgehead atoms. The molecule has 0 fully saturated rings. The third-order valence-corrected chi connectivity index (χ3v) is 2.75. The lowest BCUT2D eigenvalue weighted by atomic mass is 9.99. The molecule has 0 heterocycles. The number of aliphatic hydroxyl groups is 1. The molecule has 1 N–H and O–H groups in total. The minimum Gasteiger partial charge on any atom is -0.508 e. The lowest BCUT2D eigenvalue weighted by molar-refractivity contribution is 0.424. The summed E-state index contributed by atoms with van der Waals surface area (Å²) in [4.78, 5) is 0. The second-order valence-corrected chi connectivity index (χ2v) is 4.44. The van der Waals surface area contributed by atoms with E-state index in [-0.39, 0.29) is 5.76 Å². The van der Waals surface area contributed by atoms with Crippen molar-refractivity contribution in [2.45, 2.75) is 33.1 Å². The zero-order valence-corrected chi connectivity index (χ0v) is 10.3.